The lowest BCUT2D eigenvalue weighted by Crippen LogP contribution is -2.43. The van der Waals surface area contributed by atoms with Crippen LogP contribution < -0.4 is 0 Å². The zero-order valence-corrected chi connectivity index (χ0v) is 8.60. The van der Waals surface area contributed by atoms with Crippen LogP contribution in [0.25, 0.3) is 0 Å². The number of hydrogen-bond acceptors (Lipinski definition) is 1. The summed E-state index contributed by atoms with van der Waals surface area (Å²) in [6.07, 6.45) is 7.60. The third-order valence-electron chi connectivity index (χ3n) is 3.96. The summed E-state index contributed by atoms with van der Waals surface area (Å²) in [6.45, 7) is 4.59. The van der Waals surface area contributed by atoms with Gasteiger partial charge in [-0.2, -0.15) is 0 Å². The largest absolute Gasteiger partial charge is 0.295 e. The van der Waals surface area contributed by atoms with Gasteiger partial charge in [-0.1, -0.05) is 25.8 Å². The average Bonchev–Trinajstić information content (AvgIpc) is 2.11. The molecule has 2 aliphatic carbocycles. The fourth-order valence-corrected chi connectivity index (χ4v) is 2.86. The van der Waals surface area contributed by atoms with Crippen LogP contribution in [0.1, 0.15) is 46.0 Å². The zero-order valence-electron chi connectivity index (χ0n) is 8.60. The normalized spacial score (nSPS) is 37.8. The second-order valence-corrected chi connectivity index (χ2v) is 4.74. The minimum absolute atomic E-state index is 0.349. The molecule has 1 heteroatoms. The van der Waals surface area contributed by atoms with Crippen molar-refractivity contribution in [3.63, 3.8) is 0 Å². The molecule has 0 heterocycles. The number of fused-ring (bicyclic) bond motifs is 1. The molecule has 72 valence electrons. The Morgan fingerprint density at radius 3 is 3.00 bits per heavy atom. The second kappa shape index (κ2) is 2.97. The highest BCUT2D eigenvalue weighted by atomic mass is 16.1. The summed E-state index contributed by atoms with van der Waals surface area (Å²) < 4.78 is 0. The van der Waals surface area contributed by atoms with Crippen molar-refractivity contribution in [1.29, 1.82) is 0 Å². The van der Waals surface area contributed by atoms with Crippen LogP contribution in [0.4, 0.5) is 0 Å². The lowest BCUT2D eigenvalue weighted by atomic mass is 9.52. The number of hydrogen-bond donors (Lipinski definition) is 0. The van der Waals surface area contributed by atoms with Crippen molar-refractivity contribution in [3.05, 3.63) is 11.6 Å². The Morgan fingerprint density at radius 2 is 2.38 bits per heavy atom. The Kier molecular flexibility index (Phi) is 2.05. The Balaban J connectivity index is 2.13. The van der Waals surface area contributed by atoms with Crippen molar-refractivity contribution in [3.8, 4) is 0 Å². The molecule has 0 bridgehead atoms. The first kappa shape index (κ1) is 8.98. The molecule has 0 aliphatic heterocycles. The number of ketones is 1. The van der Waals surface area contributed by atoms with Crippen molar-refractivity contribution in [2.24, 2.45) is 11.3 Å². The first-order valence-corrected chi connectivity index (χ1v) is 5.40. The zero-order chi connectivity index (χ0) is 9.47. The van der Waals surface area contributed by atoms with Gasteiger partial charge in [-0.3, -0.25) is 4.79 Å². The van der Waals surface area contributed by atoms with E-state index in [1.54, 1.807) is 0 Å². The van der Waals surface area contributed by atoms with E-state index in [2.05, 4.69) is 13.8 Å². The van der Waals surface area contributed by atoms with Crippen molar-refractivity contribution in [1.82, 2.24) is 0 Å². The van der Waals surface area contributed by atoms with Gasteiger partial charge in [-0.15, -0.1) is 0 Å². The smallest absolute Gasteiger partial charge is 0.155 e. The highest BCUT2D eigenvalue weighted by Gasteiger charge is 2.47. The van der Waals surface area contributed by atoms with Crippen molar-refractivity contribution in [2.75, 3.05) is 0 Å². The molecule has 2 atom stereocenters. The van der Waals surface area contributed by atoms with E-state index < -0.39 is 0 Å². The van der Waals surface area contributed by atoms with Crippen molar-refractivity contribution in [2.45, 2.75) is 46.0 Å². The molecule has 13 heavy (non-hydrogen) atoms. The van der Waals surface area contributed by atoms with E-state index in [9.17, 15) is 4.79 Å². The van der Waals surface area contributed by atoms with Gasteiger partial charge in [-0.25, -0.2) is 0 Å². The molecule has 1 nitrogen and oxygen atoms in total. The van der Waals surface area contributed by atoms with Crippen LogP contribution in [0.5, 0.6) is 0 Å². The molecule has 2 unspecified atom stereocenters. The van der Waals surface area contributed by atoms with Gasteiger partial charge >= 0.3 is 0 Å². The Morgan fingerprint density at radius 1 is 1.62 bits per heavy atom. The van der Waals surface area contributed by atoms with Gasteiger partial charge in [-0.05, 0) is 36.7 Å². The molecule has 2 aliphatic rings. The molecule has 0 amide bonds. The first-order valence-electron chi connectivity index (χ1n) is 5.40. The van der Waals surface area contributed by atoms with Gasteiger partial charge in [0, 0.05) is 6.42 Å². The minimum atomic E-state index is 0.349. The van der Waals surface area contributed by atoms with Crippen LogP contribution in [-0.4, -0.2) is 5.78 Å². The van der Waals surface area contributed by atoms with Crippen LogP contribution in [0.3, 0.4) is 0 Å². The highest BCUT2D eigenvalue weighted by Crippen LogP contribution is 2.57. The highest BCUT2D eigenvalue weighted by molar-refractivity contribution is 5.92. The van der Waals surface area contributed by atoms with Crippen molar-refractivity contribution < 1.29 is 4.79 Å². The summed E-state index contributed by atoms with van der Waals surface area (Å²) in [4.78, 5) is 11.2. The fraction of sp³-hybridized carbons (Fsp3) is 0.750. The summed E-state index contributed by atoms with van der Waals surface area (Å²) in [7, 11) is 0. The molecule has 0 aromatic heterocycles. The average molecular weight is 178 g/mol. The maximum Gasteiger partial charge on any atom is 0.155 e. The molecule has 0 aromatic rings. The summed E-state index contributed by atoms with van der Waals surface area (Å²) in [6, 6.07) is 0. The minimum Gasteiger partial charge on any atom is -0.295 e. The standard InChI is InChI=1S/C12H18O/c1-3-4-9-7-10-8-11(13)5-6-12(9,10)2/h8-9H,3-7H2,1-2H3. The van der Waals surface area contributed by atoms with E-state index >= 15 is 0 Å². The quantitative estimate of drug-likeness (QED) is 0.635. The summed E-state index contributed by atoms with van der Waals surface area (Å²) in [5, 5.41) is 0. The summed E-state index contributed by atoms with van der Waals surface area (Å²) in [5.74, 6) is 1.21. The predicted molar refractivity (Wildman–Crippen MR) is 53.4 cm³/mol. The maximum absolute atomic E-state index is 11.2. The monoisotopic (exact) mass is 178 g/mol. The number of carbonyl (C=O) groups excluding carboxylic acids is 1. The van der Waals surface area contributed by atoms with Crippen LogP contribution in [0, 0.1) is 11.3 Å². The lowest BCUT2D eigenvalue weighted by Gasteiger charge is -2.52. The Bertz CT molecular complexity index is 264. The second-order valence-electron chi connectivity index (χ2n) is 4.74. The molecular weight excluding hydrogens is 160 g/mol. The van der Waals surface area contributed by atoms with E-state index in [0.29, 0.717) is 11.2 Å². The summed E-state index contributed by atoms with van der Waals surface area (Å²) >= 11 is 0. The topological polar surface area (TPSA) is 17.1 Å². The molecule has 0 radical (unpaired) electrons. The Hall–Kier alpha value is -0.590. The summed E-state index contributed by atoms with van der Waals surface area (Å²) in [5.41, 5.74) is 1.84. The predicted octanol–water partition coefficient (Wildman–Crippen LogP) is 3.10. The molecule has 0 N–H and O–H groups in total. The third-order valence-corrected chi connectivity index (χ3v) is 3.96. The Labute approximate surface area is 80.2 Å². The maximum atomic E-state index is 11.2. The molecule has 0 spiro atoms. The van der Waals surface area contributed by atoms with Gasteiger partial charge in [0.2, 0.25) is 0 Å². The molecular formula is C12H18O. The first-order chi connectivity index (χ1) is 6.16. The number of carbonyl (C=O) groups is 1. The van der Waals surface area contributed by atoms with Gasteiger partial charge in [0.15, 0.2) is 5.78 Å². The van der Waals surface area contributed by atoms with E-state index in [1.807, 2.05) is 6.08 Å². The molecule has 0 aromatic carbocycles. The number of allylic oxidation sites excluding steroid dienone is 2. The van der Waals surface area contributed by atoms with Gasteiger partial charge < -0.3 is 0 Å². The molecule has 1 fully saturated rings. The van der Waals surface area contributed by atoms with E-state index in [4.69, 9.17) is 0 Å². The van der Waals surface area contributed by atoms with Crippen LogP contribution in [0.2, 0.25) is 0 Å². The number of rotatable bonds is 2. The van der Waals surface area contributed by atoms with E-state index in [-0.39, 0.29) is 0 Å². The third kappa shape index (κ3) is 1.25. The van der Waals surface area contributed by atoms with E-state index in [0.717, 1.165) is 18.8 Å². The lowest BCUT2D eigenvalue weighted by molar-refractivity contribution is -0.116. The molecule has 2 rings (SSSR count). The van der Waals surface area contributed by atoms with Crippen LogP contribution in [0.15, 0.2) is 11.6 Å². The van der Waals surface area contributed by atoms with Crippen molar-refractivity contribution >= 4 is 5.78 Å². The molecule has 1 saturated carbocycles. The van der Waals surface area contributed by atoms with Gasteiger partial charge in [0.25, 0.3) is 0 Å². The van der Waals surface area contributed by atoms with E-state index in [1.165, 1.54) is 24.8 Å². The van der Waals surface area contributed by atoms with Gasteiger partial charge in [0.1, 0.15) is 0 Å². The van der Waals surface area contributed by atoms with Crippen LogP contribution >= 0.6 is 0 Å². The fourth-order valence-electron chi connectivity index (χ4n) is 2.86. The molecule has 0 saturated heterocycles. The van der Waals surface area contributed by atoms with Crippen LogP contribution in [-0.2, 0) is 4.79 Å². The SMILES string of the molecule is CCCC1CC2=CC(=O)CCC21C. The van der Waals surface area contributed by atoms with Gasteiger partial charge in [0.05, 0.1) is 0 Å².